The van der Waals surface area contributed by atoms with Crippen LogP contribution in [0.4, 0.5) is 0 Å². The van der Waals surface area contributed by atoms with Crippen LogP contribution in [0.25, 0.3) is 0 Å². The van der Waals surface area contributed by atoms with Gasteiger partial charge in [0.2, 0.25) is 0 Å². The van der Waals surface area contributed by atoms with Gasteiger partial charge in [0.1, 0.15) is 5.75 Å². The molecule has 3 rings (SSSR count). The lowest BCUT2D eigenvalue weighted by Crippen LogP contribution is -2.21. The summed E-state index contributed by atoms with van der Waals surface area (Å²) in [4.78, 5) is 35.5. The van der Waals surface area contributed by atoms with E-state index in [1.165, 1.54) is 12.0 Å². The third-order valence-corrected chi connectivity index (χ3v) is 8.29. The van der Waals surface area contributed by atoms with Crippen molar-refractivity contribution in [3.8, 4) is 5.75 Å². The first kappa shape index (κ1) is 36.0. The second-order valence-corrected chi connectivity index (χ2v) is 12.2. The lowest BCUT2D eigenvalue weighted by atomic mass is 9.83. The van der Waals surface area contributed by atoms with Gasteiger partial charge in [0.05, 0.1) is 24.9 Å². The first-order valence-corrected chi connectivity index (χ1v) is 16.8. The molecule has 0 saturated heterocycles. The number of hydrogen-bond donors (Lipinski definition) is 0. The monoisotopic (exact) mass is 620 g/mol. The number of rotatable bonds is 20. The Morgan fingerprint density at radius 2 is 1.29 bits per heavy atom. The predicted octanol–water partition coefficient (Wildman–Crippen LogP) is 8.82. The lowest BCUT2D eigenvalue weighted by Gasteiger charge is -2.29. The zero-order valence-corrected chi connectivity index (χ0v) is 27.4. The Morgan fingerprint density at radius 1 is 0.711 bits per heavy atom. The summed E-state index contributed by atoms with van der Waals surface area (Å²) in [5, 5.41) is 0. The molecule has 0 heterocycles. The third kappa shape index (κ3) is 14.5. The molecule has 1 aliphatic rings. The average Bonchev–Trinajstić information content (AvgIpc) is 3.04. The van der Waals surface area contributed by atoms with Gasteiger partial charge in [-0.15, -0.1) is 0 Å². The molecule has 1 aliphatic carbocycles. The molecule has 2 aromatic rings. The first-order valence-electron chi connectivity index (χ1n) is 16.8. The summed E-state index contributed by atoms with van der Waals surface area (Å²) in [6.07, 6.45) is 14.0. The highest BCUT2D eigenvalue weighted by Gasteiger charge is 2.23. The highest BCUT2D eigenvalue weighted by molar-refractivity contribution is 5.91. The van der Waals surface area contributed by atoms with E-state index in [1.54, 1.807) is 19.1 Å². The van der Waals surface area contributed by atoms with E-state index < -0.39 is 0 Å². The molecule has 7 heteroatoms. The molecule has 2 aromatic carbocycles. The van der Waals surface area contributed by atoms with Gasteiger partial charge in [-0.05, 0) is 107 Å². The number of unbranched alkanes of at least 4 members (excludes halogenated alkanes) is 7. The van der Waals surface area contributed by atoms with Crippen molar-refractivity contribution in [1.29, 1.82) is 0 Å². The van der Waals surface area contributed by atoms with E-state index in [2.05, 4.69) is 18.7 Å². The van der Waals surface area contributed by atoms with Crippen molar-refractivity contribution >= 4 is 17.9 Å². The van der Waals surface area contributed by atoms with Gasteiger partial charge in [-0.2, -0.15) is 0 Å². The van der Waals surface area contributed by atoms with Crippen molar-refractivity contribution in [2.24, 2.45) is 0 Å². The van der Waals surface area contributed by atoms with E-state index in [-0.39, 0.29) is 17.9 Å². The van der Waals surface area contributed by atoms with Crippen LogP contribution in [-0.4, -0.2) is 43.8 Å². The fraction of sp³-hybridized carbons (Fsp3) is 0.553. The van der Waals surface area contributed by atoms with Gasteiger partial charge in [-0.3, -0.25) is 4.79 Å². The van der Waals surface area contributed by atoms with E-state index in [1.807, 2.05) is 31.2 Å². The normalized spacial score (nSPS) is 16.1. The molecular formula is C38H52O7. The number of hydrogen-bond acceptors (Lipinski definition) is 7. The van der Waals surface area contributed by atoms with Gasteiger partial charge in [-0.1, -0.05) is 62.1 Å². The highest BCUT2D eigenvalue weighted by atomic mass is 16.5. The van der Waals surface area contributed by atoms with E-state index in [0.29, 0.717) is 48.5 Å². The van der Waals surface area contributed by atoms with Crippen molar-refractivity contribution in [3.63, 3.8) is 0 Å². The van der Waals surface area contributed by atoms with Crippen LogP contribution in [-0.2, 0) is 23.8 Å². The standard InChI is InChI=1S/C38H52O7/c1-29(2)37(40)44-28-12-8-9-13-36(39)43-27-11-7-5-4-6-10-26-42-34-22-18-31(19-23-34)32-20-24-35(25-21-32)45-38(41)33-16-14-30(3)15-17-33/h14-17,20-21,24-25,31,34H,1,4-13,18-19,22-23,26-28H2,2-3H3. The Labute approximate surface area is 269 Å². The van der Waals surface area contributed by atoms with E-state index in [0.717, 1.165) is 89.2 Å². The largest absolute Gasteiger partial charge is 0.466 e. The van der Waals surface area contributed by atoms with Crippen LogP contribution in [0.1, 0.15) is 124 Å². The van der Waals surface area contributed by atoms with Gasteiger partial charge >= 0.3 is 17.9 Å². The van der Waals surface area contributed by atoms with Gasteiger partial charge in [-0.25, -0.2) is 9.59 Å². The van der Waals surface area contributed by atoms with Crippen molar-refractivity contribution in [2.45, 2.75) is 116 Å². The predicted molar refractivity (Wildman–Crippen MR) is 176 cm³/mol. The maximum Gasteiger partial charge on any atom is 0.343 e. The quantitative estimate of drug-likeness (QED) is 0.0632. The Hall–Kier alpha value is -3.45. The number of benzene rings is 2. The Kier molecular flexibility index (Phi) is 16.5. The van der Waals surface area contributed by atoms with Crippen LogP contribution >= 0.6 is 0 Å². The van der Waals surface area contributed by atoms with Gasteiger partial charge in [0, 0.05) is 18.6 Å². The van der Waals surface area contributed by atoms with Crippen molar-refractivity contribution in [2.75, 3.05) is 19.8 Å². The maximum absolute atomic E-state index is 12.4. The highest BCUT2D eigenvalue weighted by Crippen LogP contribution is 2.35. The van der Waals surface area contributed by atoms with Crippen LogP contribution in [0.3, 0.4) is 0 Å². The fourth-order valence-corrected chi connectivity index (χ4v) is 5.48. The van der Waals surface area contributed by atoms with Crippen LogP contribution in [0.15, 0.2) is 60.7 Å². The number of ether oxygens (including phenoxy) is 4. The summed E-state index contributed by atoms with van der Waals surface area (Å²) in [5.41, 5.74) is 3.37. The van der Waals surface area contributed by atoms with Crippen molar-refractivity contribution in [1.82, 2.24) is 0 Å². The molecule has 0 atom stereocenters. The summed E-state index contributed by atoms with van der Waals surface area (Å²) < 4.78 is 22.1. The zero-order chi connectivity index (χ0) is 32.3. The fourth-order valence-electron chi connectivity index (χ4n) is 5.48. The maximum atomic E-state index is 12.4. The Balaban J connectivity index is 1.13. The van der Waals surface area contributed by atoms with Crippen molar-refractivity contribution < 1.29 is 33.3 Å². The molecule has 0 spiro atoms. The summed E-state index contributed by atoms with van der Waals surface area (Å²) in [6.45, 7) is 8.84. The molecule has 0 bridgehead atoms. The second kappa shape index (κ2) is 20.6. The number of carbonyl (C=O) groups is 3. The minimum Gasteiger partial charge on any atom is -0.466 e. The minimum atomic E-state index is -0.362. The second-order valence-electron chi connectivity index (χ2n) is 12.2. The lowest BCUT2D eigenvalue weighted by molar-refractivity contribution is -0.144. The van der Waals surface area contributed by atoms with Crippen LogP contribution in [0.5, 0.6) is 5.75 Å². The first-order chi connectivity index (χ1) is 21.8. The molecule has 0 N–H and O–H groups in total. The summed E-state index contributed by atoms with van der Waals surface area (Å²) in [5.74, 6) is 0.259. The molecular weight excluding hydrogens is 568 g/mol. The third-order valence-electron chi connectivity index (χ3n) is 8.29. The number of carbonyl (C=O) groups excluding carboxylic acids is 3. The van der Waals surface area contributed by atoms with Gasteiger partial charge in [0.15, 0.2) is 0 Å². The Bertz CT molecular complexity index is 1180. The molecule has 0 aliphatic heterocycles. The van der Waals surface area contributed by atoms with Crippen LogP contribution in [0.2, 0.25) is 0 Å². The molecule has 0 radical (unpaired) electrons. The zero-order valence-electron chi connectivity index (χ0n) is 27.4. The molecule has 0 unspecified atom stereocenters. The van der Waals surface area contributed by atoms with E-state index in [9.17, 15) is 14.4 Å². The molecule has 1 fully saturated rings. The van der Waals surface area contributed by atoms with Crippen LogP contribution in [0, 0.1) is 6.92 Å². The molecule has 1 saturated carbocycles. The van der Waals surface area contributed by atoms with E-state index in [4.69, 9.17) is 18.9 Å². The minimum absolute atomic E-state index is 0.144. The van der Waals surface area contributed by atoms with Gasteiger partial charge < -0.3 is 18.9 Å². The number of esters is 3. The molecule has 0 amide bonds. The van der Waals surface area contributed by atoms with Crippen molar-refractivity contribution in [3.05, 3.63) is 77.4 Å². The topological polar surface area (TPSA) is 88.1 Å². The molecule has 246 valence electrons. The summed E-state index contributed by atoms with van der Waals surface area (Å²) >= 11 is 0. The SMILES string of the molecule is C=C(C)C(=O)OCCCCCC(=O)OCCCCCCCCOC1CCC(c2ccc(OC(=O)c3ccc(C)cc3)cc2)CC1. The van der Waals surface area contributed by atoms with Gasteiger partial charge in [0.25, 0.3) is 0 Å². The van der Waals surface area contributed by atoms with Crippen LogP contribution < -0.4 is 4.74 Å². The van der Waals surface area contributed by atoms with E-state index >= 15 is 0 Å². The Morgan fingerprint density at radius 3 is 1.93 bits per heavy atom. The average molecular weight is 621 g/mol. The molecule has 0 aromatic heterocycles. The summed E-state index contributed by atoms with van der Waals surface area (Å²) in [7, 11) is 0. The smallest absolute Gasteiger partial charge is 0.343 e. The molecule has 45 heavy (non-hydrogen) atoms. The summed E-state index contributed by atoms with van der Waals surface area (Å²) in [6, 6.07) is 15.4. The number of aryl methyl sites for hydroxylation is 1. The molecule has 7 nitrogen and oxygen atoms in total.